The van der Waals surface area contributed by atoms with E-state index in [0.717, 1.165) is 116 Å². The van der Waals surface area contributed by atoms with Crippen molar-refractivity contribution in [2.24, 2.45) is 0 Å². The highest BCUT2D eigenvalue weighted by atomic mass is 32.2. The van der Waals surface area contributed by atoms with E-state index < -0.39 is 67.1 Å². The van der Waals surface area contributed by atoms with Gasteiger partial charge in [0.15, 0.2) is 0 Å². The lowest BCUT2D eigenvalue weighted by Gasteiger charge is -2.27. The van der Waals surface area contributed by atoms with Crippen LogP contribution < -0.4 is 0 Å². The number of hydrogen-bond acceptors (Lipinski definition) is 6. The third-order valence-corrected chi connectivity index (χ3v) is 27.1. The first kappa shape index (κ1) is 83.1. The fraction of sp³-hybridized carbons (Fsp3) is 0.917. The highest BCUT2D eigenvalue weighted by Crippen LogP contribution is 2.47. The summed E-state index contributed by atoms with van der Waals surface area (Å²) in [5.41, 5.74) is 0. The molecule has 84 heavy (non-hydrogen) atoms. The molecule has 6 nitrogen and oxygen atoms in total. The van der Waals surface area contributed by atoms with Crippen LogP contribution in [0.3, 0.4) is 0 Å². The minimum Gasteiger partial charge on any atom is -0.611 e. The van der Waals surface area contributed by atoms with Crippen LogP contribution in [0.25, 0.3) is 0 Å². The maximum atomic E-state index is 15.8. The van der Waals surface area contributed by atoms with Crippen LogP contribution in [-0.4, -0.2) is 61.8 Å². The van der Waals surface area contributed by atoms with Gasteiger partial charge in [-0.05, 0) is 144 Å². The van der Waals surface area contributed by atoms with Crippen molar-refractivity contribution in [3.8, 4) is 0 Å². The van der Waals surface area contributed by atoms with Crippen LogP contribution in [0.5, 0.6) is 0 Å². The molecule has 0 aliphatic carbocycles. The van der Waals surface area contributed by atoms with Crippen molar-refractivity contribution < 1.29 is 27.3 Å². The highest BCUT2D eigenvalue weighted by molar-refractivity contribution is 7.99. The zero-order valence-electron chi connectivity index (χ0n) is 56.3. The van der Waals surface area contributed by atoms with Gasteiger partial charge in [-0.3, -0.25) is 0 Å². The molecule has 0 N–H and O–H groups in total. The number of rotatable bonds is 66. The molecule has 1 aromatic rings. The van der Waals surface area contributed by atoms with E-state index in [-0.39, 0.29) is 0 Å². The van der Waals surface area contributed by atoms with Crippen LogP contribution in [-0.2, 0) is 67.1 Å². The molecule has 0 radical (unpaired) electrons. The topological polar surface area (TPSA) is 138 Å². The summed E-state index contributed by atoms with van der Waals surface area (Å²) >= 11 is -10.5. The van der Waals surface area contributed by atoms with Gasteiger partial charge in [-0.1, -0.05) is 311 Å². The molecule has 0 saturated carbocycles. The van der Waals surface area contributed by atoms with Crippen LogP contribution in [0.2, 0.25) is 0 Å². The summed E-state index contributed by atoms with van der Waals surface area (Å²) in [6.07, 6.45) is 60.2. The van der Waals surface area contributed by atoms with Crippen molar-refractivity contribution in [3.63, 3.8) is 0 Å². The third-order valence-electron chi connectivity index (χ3n) is 17.2. The first-order valence-corrected chi connectivity index (χ1v) is 44.6. The molecule has 0 bridgehead atoms. The van der Waals surface area contributed by atoms with E-state index in [2.05, 4.69) is 41.5 Å². The molecule has 498 valence electrons. The Labute approximate surface area is 542 Å². The predicted molar refractivity (Wildman–Crippen MR) is 377 cm³/mol. The van der Waals surface area contributed by atoms with E-state index in [1.807, 2.05) is 0 Å². The van der Waals surface area contributed by atoms with E-state index in [1.54, 1.807) is 0 Å². The van der Waals surface area contributed by atoms with Gasteiger partial charge >= 0.3 is 0 Å². The number of unbranched alkanes of at least 4 members (excludes halogenated alkanes) is 48. The van der Waals surface area contributed by atoms with Crippen LogP contribution >= 0.6 is 0 Å². The molecular formula is C72H138O6S6. The predicted octanol–water partition coefficient (Wildman–Crippen LogP) is 23.5. The van der Waals surface area contributed by atoms with Gasteiger partial charge in [0.1, 0.15) is 34.5 Å². The summed E-state index contributed by atoms with van der Waals surface area (Å²) in [6.45, 7) is 13.5. The van der Waals surface area contributed by atoms with Crippen LogP contribution in [0, 0.1) is 0 Å². The van der Waals surface area contributed by atoms with E-state index >= 15 is 27.3 Å². The van der Waals surface area contributed by atoms with Gasteiger partial charge in [0.25, 0.3) is 29.4 Å². The van der Waals surface area contributed by atoms with Crippen molar-refractivity contribution >= 4 is 67.1 Å². The standard InChI is InChI=1S/C72H138O6S6/c1-7-13-19-25-31-37-43-49-55-61-79(73)67-68(80(74)62-56-50-44-38-32-26-20-14-8-2)70(82(76)64-58-52-46-40-34-28-22-16-10-4)72(84(78)66-60-54-48-42-36-30-24-18-12-6)71(83(77)65-59-53-47-41-35-29-23-17-11-5)69(67)81(75)63-57-51-45-39-33-27-21-15-9-3/h7-66H2,1-6H3. The summed E-state index contributed by atoms with van der Waals surface area (Å²) in [7, 11) is 0. The van der Waals surface area contributed by atoms with Crippen molar-refractivity contribution in [2.75, 3.05) is 34.5 Å². The van der Waals surface area contributed by atoms with Crippen molar-refractivity contribution in [1.82, 2.24) is 0 Å². The second-order valence-electron chi connectivity index (χ2n) is 25.2. The quantitative estimate of drug-likeness (QED) is 0.0470. The highest BCUT2D eigenvalue weighted by Gasteiger charge is 2.53. The molecule has 0 heterocycles. The Balaban J connectivity index is 4.19. The normalized spacial score (nSPS) is 14.1. The fourth-order valence-electron chi connectivity index (χ4n) is 11.7. The van der Waals surface area contributed by atoms with Gasteiger partial charge in [0.2, 0.25) is 0 Å². The lowest BCUT2D eigenvalue weighted by molar-refractivity contribution is 0.530. The average molecular weight is 1290 g/mol. The van der Waals surface area contributed by atoms with Gasteiger partial charge in [-0.25, -0.2) is 0 Å². The zero-order valence-corrected chi connectivity index (χ0v) is 61.2. The zero-order chi connectivity index (χ0) is 61.4. The molecule has 12 heteroatoms. The summed E-state index contributed by atoms with van der Waals surface area (Å²) in [4.78, 5) is 1.79. The second kappa shape index (κ2) is 61.6. The molecule has 0 fully saturated rings. The average Bonchev–Trinajstić information content (AvgIpc) is 1.10. The first-order chi connectivity index (χ1) is 41.2. The molecule has 1 rings (SSSR count). The smallest absolute Gasteiger partial charge is 0.273 e. The Kier molecular flexibility index (Phi) is 60.9. The van der Waals surface area contributed by atoms with Crippen LogP contribution in [0.1, 0.15) is 388 Å². The Morgan fingerprint density at radius 1 is 0.143 bits per heavy atom. The van der Waals surface area contributed by atoms with Gasteiger partial charge in [-0.15, -0.1) is 0 Å². The van der Waals surface area contributed by atoms with E-state index in [0.29, 0.717) is 102 Å². The third kappa shape index (κ3) is 42.3. The van der Waals surface area contributed by atoms with Gasteiger partial charge in [0.05, 0.1) is 0 Å². The monoisotopic (exact) mass is 1290 g/mol. The minimum absolute atomic E-state index is 0.299. The molecule has 6 atom stereocenters. The van der Waals surface area contributed by atoms with Gasteiger partial charge in [-0.2, -0.15) is 0 Å². The Hall–Kier alpha value is 1.08. The minimum atomic E-state index is -1.76. The fourth-order valence-corrected chi connectivity index (χ4v) is 23.2. The summed E-state index contributed by atoms with van der Waals surface area (Å²) in [6, 6.07) is 0. The number of benzene rings is 1. The second-order valence-corrected chi connectivity index (χ2v) is 34.3. The van der Waals surface area contributed by atoms with Crippen molar-refractivity contribution in [1.29, 1.82) is 0 Å². The first-order valence-electron chi connectivity index (χ1n) is 36.7. The summed E-state index contributed by atoms with van der Waals surface area (Å²) in [5.74, 6) is 1.89. The molecular weight excluding hydrogens is 1150 g/mol. The maximum Gasteiger partial charge on any atom is 0.273 e. The SMILES string of the molecule is CCCCCCCCCCC[S+]([O-])c1c([S+]([O-])CCCCCCCCCCC)c([S+]([O-])CCCCCCCCCCC)c([S+]([O-])CCCCCCCCCCC)c([S+]([O-])CCCCCCCCCCC)c1[S+]([O-])CCCCCCCCCCC. The van der Waals surface area contributed by atoms with Gasteiger partial charge < -0.3 is 27.3 Å². The molecule has 0 aromatic heterocycles. The molecule has 0 spiro atoms. The van der Waals surface area contributed by atoms with E-state index in [4.69, 9.17) is 0 Å². The van der Waals surface area contributed by atoms with Crippen LogP contribution in [0.4, 0.5) is 0 Å². The molecule has 0 saturated heterocycles. The molecule has 0 aliphatic heterocycles. The van der Waals surface area contributed by atoms with Gasteiger partial charge in [0, 0.05) is 0 Å². The molecule has 6 unspecified atom stereocenters. The largest absolute Gasteiger partial charge is 0.611 e. The van der Waals surface area contributed by atoms with E-state index in [9.17, 15) is 0 Å². The number of hydrogen-bond donors (Lipinski definition) is 0. The van der Waals surface area contributed by atoms with E-state index in [1.165, 1.54) is 193 Å². The summed E-state index contributed by atoms with van der Waals surface area (Å²) in [5, 5.41) is 0. The lowest BCUT2D eigenvalue weighted by Crippen LogP contribution is -2.30. The Morgan fingerprint density at radius 3 is 0.321 bits per heavy atom. The Morgan fingerprint density at radius 2 is 0.226 bits per heavy atom. The van der Waals surface area contributed by atoms with Crippen molar-refractivity contribution in [3.05, 3.63) is 0 Å². The lowest BCUT2D eigenvalue weighted by atomic mass is 10.1. The maximum absolute atomic E-state index is 15.8. The molecule has 1 aromatic carbocycles. The van der Waals surface area contributed by atoms with Crippen LogP contribution in [0.15, 0.2) is 29.4 Å². The molecule has 0 amide bonds. The molecule has 0 aliphatic rings. The Bertz CT molecular complexity index is 1250. The van der Waals surface area contributed by atoms with Crippen molar-refractivity contribution in [2.45, 2.75) is 418 Å². The summed E-state index contributed by atoms with van der Waals surface area (Å²) < 4.78 is 94.5.